The zero-order valence-electron chi connectivity index (χ0n) is 11.2. The van der Waals surface area contributed by atoms with Crippen molar-refractivity contribution in [3.8, 4) is 0 Å². The number of aromatic nitrogens is 1. The Labute approximate surface area is 125 Å². The van der Waals surface area contributed by atoms with Gasteiger partial charge >= 0.3 is 5.97 Å². The number of hydrogen-bond acceptors (Lipinski definition) is 5. The lowest BCUT2D eigenvalue weighted by Crippen LogP contribution is -2.04. The van der Waals surface area contributed by atoms with Gasteiger partial charge in [-0.05, 0) is 12.5 Å². The van der Waals surface area contributed by atoms with Gasteiger partial charge in [0, 0.05) is 17.9 Å². The van der Waals surface area contributed by atoms with Gasteiger partial charge in [0.25, 0.3) is 0 Å². The van der Waals surface area contributed by atoms with Crippen LogP contribution in [0.1, 0.15) is 26.6 Å². The van der Waals surface area contributed by atoms with Crippen molar-refractivity contribution in [2.45, 2.75) is 13.3 Å². The number of carboxylic acid groups (broad SMARTS) is 1. The number of carbonyl (C=O) groups excluding carboxylic acids is 1. The summed E-state index contributed by atoms with van der Waals surface area (Å²) >= 11 is 1.12. The van der Waals surface area contributed by atoms with Crippen LogP contribution in [-0.2, 0) is 11.2 Å². The van der Waals surface area contributed by atoms with Crippen molar-refractivity contribution in [3.63, 3.8) is 0 Å². The normalized spacial score (nSPS) is 11.4. The first kappa shape index (κ1) is 14.9. The van der Waals surface area contributed by atoms with Crippen molar-refractivity contribution < 1.29 is 19.8 Å². The van der Waals surface area contributed by atoms with E-state index in [-0.39, 0.29) is 5.01 Å². The molecule has 0 saturated heterocycles. The molecule has 21 heavy (non-hydrogen) atoms. The fraction of sp³-hybridized carbons (Fsp3) is 0.133. The number of carboxylic acids is 1. The fourth-order valence-electron chi connectivity index (χ4n) is 1.66. The van der Waals surface area contributed by atoms with Gasteiger partial charge in [-0.25, -0.2) is 9.78 Å². The Hall–Kier alpha value is -2.47. The number of allylic oxidation sites excluding steroid dienone is 1. The molecule has 1 heterocycles. The average molecular weight is 303 g/mol. The van der Waals surface area contributed by atoms with Gasteiger partial charge in [-0.15, -0.1) is 11.3 Å². The number of aliphatic hydroxyl groups is 1. The van der Waals surface area contributed by atoms with E-state index in [1.165, 1.54) is 5.56 Å². The summed E-state index contributed by atoms with van der Waals surface area (Å²) in [6.45, 7) is 2.00. The molecule has 0 amide bonds. The fourth-order valence-corrected chi connectivity index (χ4v) is 2.39. The van der Waals surface area contributed by atoms with Gasteiger partial charge in [-0.1, -0.05) is 29.8 Å². The highest BCUT2D eigenvalue weighted by atomic mass is 32.1. The Balaban J connectivity index is 2.11. The van der Waals surface area contributed by atoms with E-state index in [4.69, 9.17) is 10.2 Å². The minimum atomic E-state index is -1.54. The van der Waals surface area contributed by atoms with Gasteiger partial charge in [0.15, 0.2) is 5.01 Å². The molecule has 0 aliphatic heterocycles. The molecule has 0 radical (unpaired) electrons. The van der Waals surface area contributed by atoms with Crippen molar-refractivity contribution in [3.05, 3.63) is 63.3 Å². The van der Waals surface area contributed by atoms with E-state index in [0.29, 0.717) is 12.5 Å². The van der Waals surface area contributed by atoms with Crippen molar-refractivity contribution in [2.75, 3.05) is 0 Å². The molecule has 1 aromatic heterocycles. The summed E-state index contributed by atoms with van der Waals surface area (Å²) in [6, 6.07) is 7.99. The number of aliphatic hydroxyl groups excluding tert-OH is 1. The largest absolute Gasteiger partial charge is 0.502 e. The number of aryl methyl sites for hydroxylation is 1. The van der Waals surface area contributed by atoms with Crippen LogP contribution in [0.4, 0.5) is 0 Å². The first-order chi connectivity index (χ1) is 9.95. The second kappa shape index (κ2) is 6.32. The number of aliphatic carboxylic acids is 1. The summed E-state index contributed by atoms with van der Waals surface area (Å²) in [5.74, 6) is -3.15. The van der Waals surface area contributed by atoms with E-state index >= 15 is 0 Å². The highest BCUT2D eigenvalue weighted by Gasteiger charge is 2.13. The smallest absolute Gasteiger partial charge is 0.371 e. The molecular formula is C15H13NO4S. The summed E-state index contributed by atoms with van der Waals surface area (Å²) < 4.78 is 0. The third-order valence-corrected chi connectivity index (χ3v) is 3.66. The standard InChI is InChI=1S/C15H13NO4S/c1-9-2-4-10(5-3-9)6-11-8-21-14(16-11)12(17)7-13(18)15(19)20/h2-5,7-8,18H,6H2,1H3,(H,19,20). The predicted molar refractivity (Wildman–Crippen MR) is 78.8 cm³/mol. The van der Waals surface area contributed by atoms with Gasteiger partial charge in [0.1, 0.15) is 0 Å². The Bertz CT molecular complexity index is 701. The van der Waals surface area contributed by atoms with Gasteiger partial charge < -0.3 is 10.2 Å². The molecular weight excluding hydrogens is 290 g/mol. The van der Waals surface area contributed by atoms with Crippen molar-refractivity contribution in [2.24, 2.45) is 0 Å². The van der Waals surface area contributed by atoms with E-state index in [9.17, 15) is 9.59 Å². The predicted octanol–water partition coefficient (Wildman–Crippen LogP) is 2.75. The number of rotatable bonds is 5. The second-order valence-electron chi connectivity index (χ2n) is 4.51. The van der Waals surface area contributed by atoms with Crippen LogP contribution in [0.25, 0.3) is 0 Å². The monoisotopic (exact) mass is 303 g/mol. The zero-order valence-corrected chi connectivity index (χ0v) is 12.1. The highest BCUT2D eigenvalue weighted by molar-refractivity contribution is 7.11. The summed E-state index contributed by atoms with van der Waals surface area (Å²) in [4.78, 5) is 26.3. The summed E-state index contributed by atoms with van der Waals surface area (Å²) in [5.41, 5.74) is 2.98. The van der Waals surface area contributed by atoms with E-state index in [2.05, 4.69) is 4.98 Å². The number of hydrogen-bond donors (Lipinski definition) is 2. The molecule has 0 bridgehead atoms. The molecule has 0 aliphatic carbocycles. The quantitative estimate of drug-likeness (QED) is 0.504. The maximum absolute atomic E-state index is 11.7. The third-order valence-electron chi connectivity index (χ3n) is 2.76. The minimum Gasteiger partial charge on any atom is -0.502 e. The molecule has 0 saturated carbocycles. The Morgan fingerprint density at radius 1 is 1.24 bits per heavy atom. The third kappa shape index (κ3) is 4.00. The molecule has 2 rings (SSSR count). The number of ketones is 1. The Morgan fingerprint density at radius 2 is 1.90 bits per heavy atom. The molecule has 1 aromatic carbocycles. The van der Waals surface area contributed by atoms with Crippen molar-refractivity contribution >= 4 is 23.1 Å². The number of nitrogens with zero attached hydrogens (tertiary/aromatic N) is 1. The highest BCUT2D eigenvalue weighted by Crippen LogP contribution is 2.15. The minimum absolute atomic E-state index is 0.157. The molecule has 0 fully saturated rings. The first-order valence-electron chi connectivity index (χ1n) is 6.14. The van der Waals surface area contributed by atoms with Crippen LogP contribution in [0.2, 0.25) is 0 Å². The lowest BCUT2D eigenvalue weighted by Gasteiger charge is -1.98. The van der Waals surface area contributed by atoms with Gasteiger partial charge in [0.05, 0.1) is 5.69 Å². The van der Waals surface area contributed by atoms with Gasteiger partial charge in [0.2, 0.25) is 11.5 Å². The van der Waals surface area contributed by atoms with Gasteiger partial charge in [-0.3, -0.25) is 4.79 Å². The second-order valence-corrected chi connectivity index (χ2v) is 5.36. The summed E-state index contributed by atoms with van der Waals surface area (Å²) in [7, 11) is 0. The molecule has 0 aliphatic rings. The van der Waals surface area contributed by atoms with Gasteiger partial charge in [-0.2, -0.15) is 0 Å². The lowest BCUT2D eigenvalue weighted by molar-refractivity contribution is -0.135. The number of carbonyl (C=O) groups is 2. The van der Waals surface area contributed by atoms with E-state index < -0.39 is 17.5 Å². The zero-order chi connectivity index (χ0) is 15.4. The maximum Gasteiger partial charge on any atom is 0.371 e. The molecule has 2 N–H and O–H groups in total. The van der Waals surface area contributed by atoms with Crippen LogP contribution in [0.15, 0.2) is 41.5 Å². The SMILES string of the molecule is Cc1ccc(Cc2csc(C(=O)C=C(O)C(=O)O)n2)cc1. The van der Waals surface area contributed by atoms with Crippen LogP contribution in [0.5, 0.6) is 0 Å². The van der Waals surface area contributed by atoms with E-state index in [1.54, 1.807) is 5.38 Å². The molecule has 6 heteroatoms. The topological polar surface area (TPSA) is 87.5 Å². The Morgan fingerprint density at radius 3 is 2.52 bits per heavy atom. The molecule has 0 unspecified atom stereocenters. The molecule has 5 nitrogen and oxygen atoms in total. The van der Waals surface area contributed by atoms with Crippen LogP contribution in [0.3, 0.4) is 0 Å². The van der Waals surface area contributed by atoms with Crippen molar-refractivity contribution in [1.82, 2.24) is 4.98 Å². The molecule has 108 valence electrons. The molecule has 2 aromatic rings. The maximum atomic E-state index is 11.7. The Kier molecular flexibility index (Phi) is 4.49. The molecule has 0 atom stereocenters. The lowest BCUT2D eigenvalue weighted by atomic mass is 10.1. The van der Waals surface area contributed by atoms with Crippen LogP contribution >= 0.6 is 11.3 Å². The molecule has 0 spiro atoms. The first-order valence-corrected chi connectivity index (χ1v) is 7.02. The summed E-state index contributed by atoms with van der Waals surface area (Å²) in [6.07, 6.45) is 1.26. The van der Waals surface area contributed by atoms with Crippen LogP contribution in [0, 0.1) is 6.92 Å². The van der Waals surface area contributed by atoms with Crippen LogP contribution in [-0.4, -0.2) is 26.9 Å². The number of thiazole rings is 1. The average Bonchev–Trinajstić information content (AvgIpc) is 2.90. The van der Waals surface area contributed by atoms with Crippen molar-refractivity contribution in [1.29, 1.82) is 0 Å². The van der Waals surface area contributed by atoms with Crippen LogP contribution < -0.4 is 0 Å². The van der Waals surface area contributed by atoms with E-state index in [0.717, 1.165) is 22.6 Å². The summed E-state index contributed by atoms with van der Waals surface area (Å²) in [5, 5.41) is 19.5. The van der Waals surface area contributed by atoms with E-state index in [1.807, 2.05) is 31.2 Å². The number of benzene rings is 1.